The highest BCUT2D eigenvalue weighted by Gasteiger charge is 2.19. The number of carbonyl (C=O) groups is 2. The first-order chi connectivity index (χ1) is 14.6. The van der Waals surface area contributed by atoms with Gasteiger partial charge in [0, 0.05) is 36.4 Å². The van der Waals surface area contributed by atoms with Gasteiger partial charge in [0.15, 0.2) is 0 Å². The molecule has 0 radical (unpaired) electrons. The molecule has 166 valence electrons. The quantitative estimate of drug-likeness (QED) is 0.152. The van der Waals surface area contributed by atoms with Gasteiger partial charge >= 0.3 is 0 Å². The number of carbonyl (C=O) groups excluding carboxylic acids is 2. The number of nitrogens with two attached hydrogens (primary N) is 1. The number of hydrogen-bond donors (Lipinski definition) is 6. The van der Waals surface area contributed by atoms with E-state index < -0.39 is 17.9 Å². The molecule has 2 rings (SSSR count). The van der Waals surface area contributed by atoms with E-state index in [1.165, 1.54) is 5.48 Å². The van der Waals surface area contributed by atoms with Crippen molar-refractivity contribution < 1.29 is 19.9 Å². The highest BCUT2D eigenvalue weighted by Crippen LogP contribution is 2.06. The topological polar surface area (TPSA) is 137 Å². The van der Waals surface area contributed by atoms with Gasteiger partial charge < -0.3 is 21.5 Å². The molecule has 0 aromatic heterocycles. The minimum absolute atomic E-state index is 0. The van der Waals surface area contributed by atoms with Crippen LogP contribution in [0.3, 0.4) is 0 Å². The molecule has 0 fully saturated rings. The van der Waals surface area contributed by atoms with Crippen LogP contribution in [0.25, 0.3) is 0 Å². The van der Waals surface area contributed by atoms with Crippen LogP contribution in [0, 0.1) is 11.8 Å². The molecule has 0 spiro atoms. The van der Waals surface area contributed by atoms with Crippen molar-refractivity contribution in [2.24, 2.45) is 5.73 Å². The van der Waals surface area contributed by atoms with Crippen molar-refractivity contribution in [1.29, 1.82) is 0 Å². The zero-order valence-electron chi connectivity index (χ0n) is 16.5. The summed E-state index contributed by atoms with van der Waals surface area (Å²) in [6.07, 6.45) is 0.732. The van der Waals surface area contributed by atoms with Crippen molar-refractivity contribution >= 4 is 11.8 Å². The molecule has 1 atom stereocenters. The van der Waals surface area contributed by atoms with Gasteiger partial charge in [-0.2, -0.15) is 0 Å². The lowest BCUT2D eigenvalue weighted by Gasteiger charge is -2.14. The molecule has 0 saturated carbocycles. The van der Waals surface area contributed by atoms with Crippen LogP contribution in [0.2, 0.25) is 0 Å². The van der Waals surface area contributed by atoms with E-state index in [0.717, 1.165) is 36.2 Å². The van der Waals surface area contributed by atoms with Gasteiger partial charge in [-0.15, -0.1) is 0 Å². The minimum Gasteiger partial charge on any atom is -0.396 e. The van der Waals surface area contributed by atoms with Crippen molar-refractivity contribution in [2.75, 3.05) is 19.7 Å². The third-order valence-electron chi connectivity index (χ3n) is 4.26. The first-order valence-corrected chi connectivity index (χ1v) is 9.55. The Hall–Kier alpha value is -3.22. The molecule has 0 heterocycles. The number of hydrogen-bond acceptors (Lipinski definition) is 6. The summed E-state index contributed by atoms with van der Waals surface area (Å²) < 4.78 is 0. The molecule has 0 aliphatic carbocycles. The maximum atomic E-state index is 12.2. The van der Waals surface area contributed by atoms with Gasteiger partial charge in [-0.25, -0.2) is 5.48 Å². The maximum absolute atomic E-state index is 12.2. The van der Waals surface area contributed by atoms with Crippen LogP contribution in [0.1, 0.15) is 40.9 Å². The van der Waals surface area contributed by atoms with Gasteiger partial charge in [-0.3, -0.25) is 14.8 Å². The highest BCUT2D eigenvalue weighted by atomic mass is 16.5. The van der Waals surface area contributed by atoms with Crippen molar-refractivity contribution in [3.63, 3.8) is 0 Å². The van der Waals surface area contributed by atoms with Gasteiger partial charge in [0.05, 0.1) is 0 Å². The van der Waals surface area contributed by atoms with Crippen molar-refractivity contribution in [3.8, 4) is 11.8 Å². The summed E-state index contributed by atoms with van der Waals surface area (Å²) in [5.74, 6) is 4.87. The smallest absolute Gasteiger partial charge is 0.267 e. The Morgan fingerprint density at radius 3 is 2.10 bits per heavy atom. The number of aliphatic hydroxyl groups is 1. The Kier molecular flexibility index (Phi) is 11.6. The molecule has 2 aromatic carbocycles. The summed E-state index contributed by atoms with van der Waals surface area (Å²) >= 11 is 0. The number of aliphatic hydroxyl groups excluding tert-OH is 1. The van der Waals surface area contributed by atoms with Crippen LogP contribution in [-0.2, 0) is 11.3 Å². The minimum atomic E-state index is -1.02. The highest BCUT2D eigenvalue weighted by molar-refractivity contribution is 5.97. The molecule has 8 heteroatoms. The molecular weight excluding hydrogens is 396 g/mol. The van der Waals surface area contributed by atoms with E-state index in [2.05, 4.69) is 22.5 Å². The third kappa shape index (κ3) is 8.58. The number of hydroxylamine groups is 1. The number of nitrogens with one attached hydrogen (secondary N) is 3. The standard InChI is InChI=1S/C22H26N4O4.CH4/c23-14-20(22(29)26-30)25-21(28)19-10-8-17(9-11-19)3-2-16-4-6-18(7-5-16)15-24-12-1-13-27;/h4-11,20,24,27,30H,1,12-15,23H2,(H,25,28)(H,26,29);1H4/t20-;/m0./s1. The Balaban J connectivity index is 0.00000480. The monoisotopic (exact) mass is 426 g/mol. The molecule has 0 aliphatic rings. The Morgan fingerprint density at radius 2 is 1.58 bits per heavy atom. The zero-order chi connectivity index (χ0) is 21.8. The fourth-order valence-electron chi connectivity index (χ4n) is 2.54. The van der Waals surface area contributed by atoms with Crippen LogP contribution in [0.15, 0.2) is 48.5 Å². The fourth-order valence-corrected chi connectivity index (χ4v) is 2.54. The first kappa shape index (κ1) is 25.8. The van der Waals surface area contributed by atoms with Gasteiger partial charge in [0.25, 0.3) is 11.8 Å². The van der Waals surface area contributed by atoms with Gasteiger partial charge in [-0.05, 0) is 54.9 Å². The van der Waals surface area contributed by atoms with E-state index in [-0.39, 0.29) is 20.6 Å². The lowest BCUT2D eigenvalue weighted by atomic mass is 10.1. The summed E-state index contributed by atoms with van der Waals surface area (Å²) in [6, 6.07) is 13.5. The largest absolute Gasteiger partial charge is 0.396 e. The summed E-state index contributed by atoms with van der Waals surface area (Å²) in [4.78, 5) is 23.6. The van der Waals surface area contributed by atoms with Gasteiger partial charge in [-0.1, -0.05) is 31.4 Å². The van der Waals surface area contributed by atoms with Crippen LogP contribution < -0.4 is 21.8 Å². The third-order valence-corrected chi connectivity index (χ3v) is 4.26. The average molecular weight is 427 g/mol. The van der Waals surface area contributed by atoms with E-state index in [4.69, 9.17) is 16.0 Å². The summed E-state index contributed by atoms with van der Waals surface area (Å²) in [6.45, 7) is 1.55. The Bertz CT molecular complexity index is 887. The summed E-state index contributed by atoms with van der Waals surface area (Å²) in [5, 5.41) is 23.1. The Morgan fingerprint density at radius 1 is 1.00 bits per heavy atom. The second-order valence-electron chi connectivity index (χ2n) is 6.52. The van der Waals surface area contributed by atoms with E-state index in [0.29, 0.717) is 5.56 Å². The normalized spacial score (nSPS) is 10.8. The molecule has 31 heavy (non-hydrogen) atoms. The number of benzene rings is 2. The molecular formula is C23H30N4O4. The van der Waals surface area contributed by atoms with Crippen molar-refractivity contribution in [2.45, 2.75) is 26.4 Å². The van der Waals surface area contributed by atoms with Crippen LogP contribution in [-0.4, -0.2) is 47.9 Å². The SMILES string of the molecule is C.NC[C@H](NC(=O)c1ccc(C#Cc2ccc(CNCCCO)cc2)cc1)C(=O)NO. The predicted octanol–water partition coefficient (Wildman–Crippen LogP) is 0.757. The fraction of sp³-hybridized carbons (Fsp3) is 0.304. The zero-order valence-corrected chi connectivity index (χ0v) is 16.5. The van der Waals surface area contributed by atoms with E-state index in [1.54, 1.807) is 24.3 Å². The van der Waals surface area contributed by atoms with Crippen LogP contribution in [0.5, 0.6) is 0 Å². The maximum Gasteiger partial charge on any atom is 0.267 e. The molecule has 2 aromatic rings. The lowest BCUT2D eigenvalue weighted by molar-refractivity contribution is -0.130. The molecule has 8 nitrogen and oxygen atoms in total. The molecule has 7 N–H and O–H groups in total. The average Bonchev–Trinajstić information content (AvgIpc) is 2.79. The van der Waals surface area contributed by atoms with E-state index in [1.807, 2.05) is 24.3 Å². The lowest BCUT2D eigenvalue weighted by Crippen LogP contribution is -2.50. The number of rotatable bonds is 9. The number of amides is 2. The summed E-state index contributed by atoms with van der Waals surface area (Å²) in [5.41, 5.74) is 9.99. The Labute approximate surface area is 182 Å². The molecule has 0 unspecified atom stereocenters. The molecule has 0 bridgehead atoms. The molecule has 2 amide bonds. The van der Waals surface area contributed by atoms with Crippen LogP contribution >= 0.6 is 0 Å². The molecule has 0 saturated heterocycles. The van der Waals surface area contributed by atoms with Crippen molar-refractivity contribution in [1.82, 2.24) is 16.1 Å². The van der Waals surface area contributed by atoms with E-state index >= 15 is 0 Å². The second kappa shape index (κ2) is 13.9. The van der Waals surface area contributed by atoms with Gasteiger partial charge in [0.2, 0.25) is 0 Å². The first-order valence-electron chi connectivity index (χ1n) is 9.55. The van der Waals surface area contributed by atoms with Gasteiger partial charge in [0.1, 0.15) is 6.04 Å². The van der Waals surface area contributed by atoms with E-state index in [9.17, 15) is 9.59 Å². The summed E-state index contributed by atoms with van der Waals surface area (Å²) in [7, 11) is 0. The predicted molar refractivity (Wildman–Crippen MR) is 119 cm³/mol. The van der Waals surface area contributed by atoms with Crippen LogP contribution in [0.4, 0.5) is 0 Å². The van der Waals surface area contributed by atoms with Crippen molar-refractivity contribution in [3.05, 3.63) is 70.8 Å². The second-order valence-corrected chi connectivity index (χ2v) is 6.52. The molecule has 0 aliphatic heterocycles.